The molecule has 0 bridgehead atoms. The van der Waals surface area contributed by atoms with E-state index in [1.165, 1.54) is 6.07 Å². The van der Waals surface area contributed by atoms with Crippen molar-refractivity contribution in [2.75, 3.05) is 5.32 Å². The molecule has 1 aromatic rings. The molecule has 0 unspecified atom stereocenters. The maximum atomic E-state index is 13.5. The van der Waals surface area contributed by atoms with Gasteiger partial charge in [-0.3, -0.25) is 4.79 Å². The number of hydrogen-bond donors (Lipinski definition) is 2. The van der Waals surface area contributed by atoms with Crippen LogP contribution < -0.4 is 11.1 Å². The molecule has 0 aliphatic heterocycles. The molecule has 3 nitrogen and oxygen atoms in total. The molecule has 0 radical (unpaired) electrons. The van der Waals surface area contributed by atoms with Crippen LogP contribution in [-0.2, 0) is 4.79 Å². The third-order valence-electron chi connectivity index (χ3n) is 2.27. The Bertz CT molecular complexity index is 389. The molecule has 0 aliphatic carbocycles. The second-order valence-electron chi connectivity index (χ2n) is 4.32. The Morgan fingerprint density at radius 3 is 2.71 bits per heavy atom. The molecule has 94 valence electrons. The average Bonchev–Trinajstić information content (AvgIpc) is 2.22. The van der Waals surface area contributed by atoms with Crippen molar-refractivity contribution in [3.05, 3.63) is 28.5 Å². The molecule has 1 rings (SSSR count). The van der Waals surface area contributed by atoms with Crippen LogP contribution >= 0.6 is 15.9 Å². The van der Waals surface area contributed by atoms with Crippen LogP contribution in [0, 0.1) is 11.7 Å². The lowest BCUT2D eigenvalue weighted by molar-refractivity contribution is -0.117. The minimum atomic E-state index is -0.624. The molecule has 0 heterocycles. The van der Waals surface area contributed by atoms with Gasteiger partial charge in [-0.15, -0.1) is 0 Å². The van der Waals surface area contributed by atoms with Gasteiger partial charge in [0.1, 0.15) is 5.82 Å². The van der Waals surface area contributed by atoms with Crippen LogP contribution in [0.5, 0.6) is 0 Å². The average molecular weight is 303 g/mol. The predicted molar refractivity (Wildman–Crippen MR) is 70.2 cm³/mol. The van der Waals surface area contributed by atoms with Gasteiger partial charge in [0, 0.05) is 4.47 Å². The summed E-state index contributed by atoms with van der Waals surface area (Å²) in [6.07, 6.45) is 0.567. The molecule has 17 heavy (non-hydrogen) atoms. The molecular formula is C12H16BrFN2O. The highest BCUT2D eigenvalue weighted by Gasteiger charge is 2.17. The topological polar surface area (TPSA) is 55.1 Å². The van der Waals surface area contributed by atoms with Crippen molar-refractivity contribution >= 4 is 27.5 Å². The summed E-state index contributed by atoms with van der Waals surface area (Å²) in [6, 6.07) is 3.88. The second kappa shape index (κ2) is 6.12. The van der Waals surface area contributed by atoms with Gasteiger partial charge in [-0.1, -0.05) is 19.9 Å². The number of nitrogens with two attached hydrogens (primary N) is 1. The summed E-state index contributed by atoms with van der Waals surface area (Å²) in [5, 5.41) is 2.50. The molecule has 1 atom stereocenters. The molecule has 0 aromatic heterocycles. The lowest BCUT2D eigenvalue weighted by Gasteiger charge is -2.15. The highest BCUT2D eigenvalue weighted by molar-refractivity contribution is 9.10. The fourth-order valence-corrected chi connectivity index (χ4v) is 1.89. The van der Waals surface area contributed by atoms with Crippen LogP contribution in [0.3, 0.4) is 0 Å². The number of benzene rings is 1. The van der Waals surface area contributed by atoms with Crippen molar-refractivity contribution in [3.63, 3.8) is 0 Å². The number of anilines is 1. The Balaban J connectivity index is 2.74. The summed E-state index contributed by atoms with van der Waals surface area (Å²) >= 11 is 3.18. The summed E-state index contributed by atoms with van der Waals surface area (Å²) in [6.45, 7) is 3.96. The number of nitrogens with one attached hydrogen (secondary N) is 1. The van der Waals surface area contributed by atoms with Crippen LogP contribution in [0.1, 0.15) is 20.3 Å². The number of amides is 1. The predicted octanol–water partition coefficient (Wildman–Crippen LogP) is 2.90. The van der Waals surface area contributed by atoms with E-state index in [4.69, 9.17) is 5.73 Å². The quantitative estimate of drug-likeness (QED) is 0.898. The monoisotopic (exact) mass is 302 g/mol. The lowest BCUT2D eigenvalue weighted by Crippen LogP contribution is -2.36. The van der Waals surface area contributed by atoms with Gasteiger partial charge in [-0.2, -0.15) is 0 Å². The molecule has 3 N–H and O–H groups in total. The summed E-state index contributed by atoms with van der Waals surface area (Å²) < 4.78 is 14.0. The SMILES string of the molecule is CC(C)C[C@@H](N)C(=O)Nc1c(F)cccc1Br. The largest absolute Gasteiger partial charge is 0.321 e. The van der Waals surface area contributed by atoms with Gasteiger partial charge in [-0.05, 0) is 40.4 Å². The summed E-state index contributed by atoms with van der Waals surface area (Å²) in [7, 11) is 0. The number of para-hydroxylation sites is 1. The number of carbonyl (C=O) groups excluding carboxylic acids is 1. The molecule has 0 fully saturated rings. The second-order valence-corrected chi connectivity index (χ2v) is 5.18. The molecule has 1 amide bonds. The lowest BCUT2D eigenvalue weighted by atomic mass is 10.0. The van der Waals surface area contributed by atoms with Crippen LogP contribution in [0.15, 0.2) is 22.7 Å². The van der Waals surface area contributed by atoms with E-state index in [2.05, 4.69) is 21.2 Å². The van der Waals surface area contributed by atoms with Crippen LogP contribution in [0.25, 0.3) is 0 Å². The van der Waals surface area contributed by atoms with Gasteiger partial charge in [0.25, 0.3) is 0 Å². The number of halogens is 2. The number of rotatable bonds is 4. The zero-order valence-corrected chi connectivity index (χ0v) is 11.4. The van der Waals surface area contributed by atoms with E-state index in [1.807, 2.05) is 13.8 Å². The van der Waals surface area contributed by atoms with Crippen molar-refractivity contribution in [2.45, 2.75) is 26.3 Å². The van der Waals surface area contributed by atoms with Crippen molar-refractivity contribution in [1.82, 2.24) is 0 Å². The Hall–Kier alpha value is -0.940. The fraction of sp³-hybridized carbons (Fsp3) is 0.417. The minimum absolute atomic E-state index is 0.136. The van der Waals surface area contributed by atoms with Gasteiger partial charge in [-0.25, -0.2) is 4.39 Å². The van der Waals surface area contributed by atoms with Gasteiger partial charge in [0.05, 0.1) is 11.7 Å². The van der Waals surface area contributed by atoms with E-state index in [0.29, 0.717) is 16.8 Å². The van der Waals surface area contributed by atoms with Crippen molar-refractivity contribution < 1.29 is 9.18 Å². The summed E-state index contributed by atoms with van der Waals surface area (Å²) in [4.78, 5) is 11.7. The standard InChI is InChI=1S/C12H16BrFN2O/c1-7(2)6-10(15)12(17)16-11-8(13)4-3-5-9(11)14/h3-5,7,10H,6,15H2,1-2H3,(H,16,17)/t10-/m1/s1. The van der Waals surface area contributed by atoms with E-state index in [-0.39, 0.29) is 11.6 Å². The molecular weight excluding hydrogens is 287 g/mol. The summed E-state index contributed by atoms with van der Waals surface area (Å²) in [5.74, 6) is -0.534. The fourth-order valence-electron chi connectivity index (χ4n) is 1.45. The zero-order valence-electron chi connectivity index (χ0n) is 9.84. The Morgan fingerprint density at radius 1 is 1.53 bits per heavy atom. The Morgan fingerprint density at radius 2 is 2.18 bits per heavy atom. The Kier molecular flexibility index (Phi) is 5.08. The third-order valence-corrected chi connectivity index (χ3v) is 2.93. The Labute approximate surface area is 109 Å². The van der Waals surface area contributed by atoms with Crippen LogP contribution in [0.2, 0.25) is 0 Å². The van der Waals surface area contributed by atoms with Crippen LogP contribution in [-0.4, -0.2) is 11.9 Å². The molecule has 5 heteroatoms. The molecule has 0 saturated heterocycles. The van der Waals surface area contributed by atoms with Crippen molar-refractivity contribution in [2.24, 2.45) is 11.7 Å². The van der Waals surface area contributed by atoms with Gasteiger partial charge in [0.2, 0.25) is 5.91 Å². The number of carbonyl (C=O) groups is 1. The maximum absolute atomic E-state index is 13.5. The van der Waals surface area contributed by atoms with Gasteiger partial charge in [0.15, 0.2) is 0 Å². The molecule has 0 saturated carbocycles. The first-order chi connectivity index (χ1) is 7.91. The normalized spacial score (nSPS) is 12.6. The zero-order chi connectivity index (χ0) is 13.0. The van der Waals surface area contributed by atoms with E-state index < -0.39 is 11.9 Å². The smallest absolute Gasteiger partial charge is 0.241 e. The maximum Gasteiger partial charge on any atom is 0.241 e. The van der Waals surface area contributed by atoms with Crippen LogP contribution in [0.4, 0.5) is 10.1 Å². The first-order valence-corrected chi connectivity index (χ1v) is 6.21. The van der Waals surface area contributed by atoms with Gasteiger partial charge < -0.3 is 11.1 Å². The van der Waals surface area contributed by atoms with Crippen molar-refractivity contribution in [3.8, 4) is 0 Å². The van der Waals surface area contributed by atoms with E-state index >= 15 is 0 Å². The highest BCUT2D eigenvalue weighted by atomic mass is 79.9. The van der Waals surface area contributed by atoms with E-state index in [0.717, 1.165) is 0 Å². The first-order valence-electron chi connectivity index (χ1n) is 5.42. The minimum Gasteiger partial charge on any atom is -0.321 e. The van der Waals surface area contributed by atoms with Gasteiger partial charge >= 0.3 is 0 Å². The van der Waals surface area contributed by atoms with E-state index in [1.54, 1.807) is 12.1 Å². The summed E-state index contributed by atoms with van der Waals surface area (Å²) in [5.41, 5.74) is 5.85. The third kappa shape index (κ3) is 4.09. The van der Waals surface area contributed by atoms with E-state index in [9.17, 15) is 9.18 Å². The number of hydrogen-bond acceptors (Lipinski definition) is 2. The molecule has 0 spiro atoms. The first kappa shape index (κ1) is 14.1. The molecule has 1 aromatic carbocycles. The van der Waals surface area contributed by atoms with Crippen molar-refractivity contribution in [1.29, 1.82) is 0 Å². The molecule has 0 aliphatic rings. The highest BCUT2D eigenvalue weighted by Crippen LogP contribution is 2.25.